The summed E-state index contributed by atoms with van der Waals surface area (Å²) >= 11 is 0. The van der Waals surface area contributed by atoms with Gasteiger partial charge in [-0.05, 0) is 49.4 Å². The first-order chi connectivity index (χ1) is 12.0. The predicted octanol–water partition coefficient (Wildman–Crippen LogP) is 4.50. The lowest BCUT2D eigenvalue weighted by molar-refractivity contribution is 0.601. The highest BCUT2D eigenvalue weighted by Gasteiger charge is 2.14. The molecule has 0 saturated carbocycles. The molecule has 0 aliphatic rings. The van der Waals surface area contributed by atoms with Crippen molar-refractivity contribution in [2.75, 3.05) is 4.72 Å². The molecular weight excluding hydrogens is 332 g/mol. The van der Waals surface area contributed by atoms with Crippen LogP contribution in [0.25, 0.3) is 21.8 Å². The molecule has 0 atom stereocenters. The summed E-state index contributed by atoms with van der Waals surface area (Å²) in [5.41, 5.74) is 3.28. The zero-order chi connectivity index (χ0) is 17.4. The number of fused-ring (bicyclic) bond motifs is 2. The van der Waals surface area contributed by atoms with E-state index in [0.717, 1.165) is 27.4 Å². The summed E-state index contributed by atoms with van der Waals surface area (Å²) < 4.78 is 27.7. The number of anilines is 1. The van der Waals surface area contributed by atoms with Gasteiger partial charge < -0.3 is 0 Å². The molecule has 0 unspecified atom stereocenters. The molecular formula is C20H16N2O2S. The van der Waals surface area contributed by atoms with E-state index in [1.165, 1.54) is 0 Å². The summed E-state index contributed by atoms with van der Waals surface area (Å²) in [6, 6.07) is 22.0. The molecule has 1 aromatic heterocycles. The van der Waals surface area contributed by atoms with Gasteiger partial charge in [0.1, 0.15) is 0 Å². The van der Waals surface area contributed by atoms with Crippen LogP contribution in [0.4, 0.5) is 5.69 Å². The lowest BCUT2D eigenvalue weighted by Crippen LogP contribution is -2.12. The van der Waals surface area contributed by atoms with Crippen molar-refractivity contribution in [3.05, 3.63) is 78.4 Å². The van der Waals surface area contributed by atoms with Crippen molar-refractivity contribution in [2.24, 2.45) is 0 Å². The predicted molar refractivity (Wildman–Crippen MR) is 101 cm³/mol. The van der Waals surface area contributed by atoms with Gasteiger partial charge in [0.05, 0.1) is 15.9 Å². The Balaban J connectivity index is 1.74. The highest BCUT2D eigenvalue weighted by atomic mass is 32.2. The van der Waals surface area contributed by atoms with Gasteiger partial charge in [0.15, 0.2) is 0 Å². The quantitative estimate of drug-likeness (QED) is 0.555. The Kier molecular flexibility index (Phi) is 3.66. The number of aromatic nitrogens is 1. The van der Waals surface area contributed by atoms with Gasteiger partial charge >= 0.3 is 0 Å². The average molecular weight is 348 g/mol. The van der Waals surface area contributed by atoms with Crippen LogP contribution < -0.4 is 4.72 Å². The topological polar surface area (TPSA) is 59.1 Å². The molecule has 0 aliphatic carbocycles. The van der Waals surface area contributed by atoms with Gasteiger partial charge in [0.25, 0.3) is 10.0 Å². The Labute approximate surface area is 146 Å². The third-order valence-corrected chi connectivity index (χ3v) is 5.50. The van der Waals surface area contributed by atoms with Crippen LogP contribution in [0, 0.1) is 6.92 Å². The number of nitrogens with zero attached hydrogens (tertiary/aromatic N) is 1. The first-order valence-corrected chi connectivity index (χ1v) is 9.39. The molecule has 25 heavy (non-hydrogen) atoms. The van der Waals surface area contributed by atoms with E-state index in [4.69, 9.17) is 0 Å². The van der Waals surface area contributed by atoms with Crippen LogP contribution in [-0.2, 0) is 10.0 Å². The average Bonchev–Trinajstić information content (AvgIpc) is 2.60. The molecule has 4 rings (SSSR count). The second kappa shape index (κ2) is 5.86. The number of hydrogen-bond donors (Lipinski definition) is 1. The number of benzene rings is 3. The van der Waals surface area contributed by atoms with Crippen molar-refractivity contribution in [2.45, 2.75) is 11.8 Å². The Morgan fingerprint density at radius 3 is 2.32 bits per heavy atom. The molecule has 124 valence electrons. The van der Waals surface area contributed by atoms with Crippen LogP contribution in [0.15, 0.2) is 77.7 Å². The van der Waals surface area contributed by atoms with E-state index >= 15 is 0 Å². The van der Waals surface area contributed by atoms with Gasteiger partial charge in [-0.1, -0.05) is 35.9 Å². The van der Waals surface area contributed by atoms with Crippen molar-refractivity contribution in [3.63, 3.8) is 0 Å². The first kappa shape index (κ1) is 15.6. The number of sulfonamides is 1. The van der Waals surface area contributed by atoms with E-state index < -0.39 is 10.0 Å². The smallest absolute Gasteiger partial charge is 0.261 e. The molecule has 0 fully saturated rings. The zero-order valence-corrected chi connectivity index (χ0v) is 14.4. The summed E-state index contributed by atoms with van der Waals surface area (Å²) in [5, 5.41) is 1.91. The molecule has 5 heteroatoms. The van der Waals surface area contributed by atoms with Crippen molar-refractivity contribution in [1.82, 2.24) is 4.98 Å². The summed E-state index contributed by atoms with van der Waals surface area (Å²) in [5.74, 6) is 0. The number of hydrogen-bond acceptors (Lipinski definition) is 3. The molecule has 0 bridgehead atoms. The van der Waals surface area contributed by atoms with E-state index in [1.807, 2.05) is 43.3 Å². The maximum atomic E-state index is 12.5. The molecule has 1 heterocycles. The van der Waals surface area contributed by atoms with E-state index in [9.17, 15) is 8.42 Å². The number of rotatable bonds is 3. The Hall–Kier alpha value is -2.92. The highest BCUT2D eigenvalue weighted by Crippen LogP contribution is 2.24. The van der Waals surface area contributed by atoms with Gasteiger partial charge in [0, 0.05) is 16.5 Å². The normalized spacial score (nSPS) is 11.7. The van der Waals surface area contributed by atoms with Gasteiger partial charge in [0.2, 0.25) is 0 Å². The van der Waals surface area contributed by atoms with Gasteiger partial charge in [-0.3, -0.25) is 4.72 Å². The summed E-state index contributed by atoms with van der Waals surface area (Å²) in [7, 11) is -3.61. The second-order valence-electron chi connectivity index (χ2n) is 6.01. The van der Waals surface area contributed by atoms with Crippen molar-refractivity contribution in [1.29, 1.82) is 0 Å². The maximum Gasteiger partial charge on any atom is 0.261 e. The van der Waals surface area contributed by atoms with Crippen molar-refractivity contribution in [3.8, 4) is 0 Å². The number of pyridine rings is 1. The van der Waals surface area contributed by atoms with Gasteiger partial charge in [-0.2, -0.15) is 0 Å². The molecule has 4 aromatic rings. The molecule has 0 aliphatic heterocycles. The lowest BCUT2D eigenvalue weighted by atomic mass is 10.1. The number of aryl methyl sites for hydroxylation is 1. The number of para-hydroxylation sites is 1. The minimum Gasteiger partial charge on any atom is -0.280 e. The minimum atomic E-state index is -3.61. The summed E-state index contributed by atoms with van der Waals surface area (Å²) in [4.78, 5) is 4.85. The van der Waals surface area contributed by atoms with Crippen molar-refractivity contribution >= 4 is 37.5 Å². The van der Waals surface area contributed by atoms with Crippen molar-refractivity contribution < 1.29 is 8.42 Å². The van der Waals surface area contributed by atoms with E-state index in [1.54, 1.807) is 36.4 Å². The summed E-state index contributed by atoms with van der Waals surface area (Å²) in [6.45, 7) is 1.92. The highest BCUT2D eigenvalue weighted by molar-refractivity contribution is 7.92. The Bertz CT molecular complexity index is 1180. The molecule has 0 spiro atoms. The second-order valence-corrected chi connectivity index (χ2v) is 7.69. The fourth-order valence-corrected chi connectivity index (χ4v) is 3.83. The molecule has 0 saturated heterocycles. The monoisotopic (exact) mass is 348 g/mol. The fourth-order valence-electron chi connectivity index (χ4n) is 2.78. The largest absolute Gasteiger partial charge is 0.280 e. The van der Waals surface area contributed by atoms with Crippen LogP contribution in [0.5, 0.6) is 0 Å². The van der Waals surface area contributed by atoms with Gasteiger partial charge in [-0.15, -0.1) is 0 Å². The first-order valence-electron chi connectivity index (χ1n) is 7.90. The summed E-state index contributed by atoms with van der Waals surface area (Å²) in [6.07, 6.45) is 0. The van der Waals surface area contributed by atoms with Crippen LogP contribution in [0.1, 0.15) is 5.56 Å². The number of nitrogens with one attached hydrogen (secondary N) is 1. The van der Waals surface area contributed by atoms with E-state index in [0.29, 0.717) is 5.69 Å². The standard InChI is InChI=1S/C20H16N2O2S/c1-14-6-9-18(10-7-14)25(23,24)22-17-8-11-20-16(13-17)12-15-4-2-3-5-19(15)21-20/h2-13,22H,1H3. The Morgan fingerprint density at radius 1 is 0.800 bits per heavy atom. The fraction of sp³-hybridized carbons (Fsp3) is 0.0500. The minimum absolute atomic E-state index is 0.245. The third-order valence-electron chi connectivity index (χ3n) is 4.10. The van der Waals surface area contributed by atoms with Crippen LogP contribution in [0.3, 0.4) is 0 Å². The van der Waals surface area contributed by atoms with Crippen LogP contribution >= 0.6 is 0 Å². The zero-order valence-electron chi connectivity index (χ0n) is 13.6. The van der Waals surface area contributed by atoms with Crippen LogP contribution in [0.2, 0.25) is 0 Å². The molecule has 0 amide bonds. The van der Waals surface area contributed by atoms with E-state index in [-0.39, 0.29) is 4.90 Å². The lowest BCUT2D eigenvalue weighted by Gasteiger charge is -2.09. The molecule has 0 radical (unpaired) electrons. The van der Waals surface area contributed by atoms with E-state index in [2.05, 4.69) is 9.71 Å². The van der Waals surface area contributed by atoms with Crippen LogP contribution in [-0.4, -0.2) is 13.4 Å². The molecule has 1 N–H and O–H groups in total. The van der Waals surface area contributed by atoms with Gasteiger partial charge in [-0.25, -0.2) is 13.4 Å². The molecule has 4 nitrogen and oxygen atoms in total. The Morgan fingerprint density at radius 2 is 1.52 bits per heavy atom. The molecule has 3 aromatic carbocycles. The third kappa shape index (κ3) is 3.06. The SMILES string of the molecule is Cc1ccc(S(=O)(=O)Nc2ccc3nc4ccccc4cc3c2)cc1. The maximum absolute atomic E-state index is 12.5.